The minimum absolute atomic E-state index is 0.940. The number of rotatable bonds is 0. The Morgan fingerprint density at radius 2 is 1.00 bits per heavy atom. The van der Waals surface area contributed by atoms with Crippen LogP contribution in [0.4, 0.5) is 9.59 Å². The van der Waals surface area contributed by atoms with Crippen molar-refractivity contribution in [1.82, 2.24) is 0 Å². The zero-order valence-electron chi connectivity index (χ0n) is 7.27. The smallest absolute Gasteiger partial charge is 0.358 e. The third-order valence-electron chi connectivity index (χ3n) is 0.632. The largest absolute Gasteiger partial charge is 0.558 e. The lowest BCUT2D eigenvalue weighted by Crippen LogP contribution is -2.16. The fourth-order valence-corrected chi connectivity index (χ4v) is 0.337. The summed E-state index contributed by atoms with van der Waals surface area (Å²) in [6.45, 7) is 1.88. The van der Waals surface area contributed by atoms with Crippen molar-refractivity contribution in [1.29, 1.82) is 0 Å². The predicted molar refractivity (Wildman–Crippen MR) is 36.5 cm³/mol. The van der Waals surface area contributed by atoms with Gasteiger partial charge >= 0.3 is 24.2 Å². The zero-order valence-corrected chi connectivity index (χ0v) is 7.27. The molecule has 0 atom stereocenters. The van der Waals surface area contributed by atoms with E-state index in [0.29, 0.717) is 0 Å². The van der Waals surface area contributed by atoms with E-state index in [4.69, 9.17) is 0 Å². The van der Waals surface area contributed by atoms with Crippen LogP contribution in [0.15, 0.2) is 0 Å². The molecule has 0 N–H and O–H groups in total. The van der Waals surface area contributed by atoms with Crippen LogP contribution in [0.2, 0.25) is 0 Å². The van der Waals surface area contributed by atoms with E-state index < -0.39 is 24.2 Å². The number of carbonyl (C=O) groups excluding carboxylic acids is 4. The standard InChI is InChI=1S/C6H6O8/c1-3(7)11-5(9)13-14-6(10)12-4(2)8/h1-2H3. The molecule has 0 bridgehead atoms. The molecule has 0 heterocycles. The first-order valence-electron chi connectivity index (χ1n) is 3.21. The monoisotopic (exact) mass is 206 g/mol. The van der Waals surface area contributed by atoms with Crippen LogP contribution in [0.1, 0.15) is 13.8 Å². The predicted octanol–water partition coefficient (Wildman–Crippen LogP) is 0.301. The summed E-state index contributed by atoms with van der Waals surface area (Å²) in [5, 5.41) is 0. The van der Waals surface area contributed by atoms with E-state index in [1.54, 1.807) is 0 Å². The first-order valence-corrected chi connectivity index (χ1v) is 3.21. The quantitative estimate of drug-likeness (QED) is 0.241. The lowest BCUT2D eigenvalue weighted by Gasteiger charge is -1.99. The van der Waals surface area contributed by atoms with Crippen molar-refractivity contribution in [3.63, 3.8) is 0 Å². The Morgan fingerprint density at radius 1 is 0.714 bits per heavy atom. The second-order valence-corrected chi connectivity index (χ2v) is 1.85. The van der Waals surface area contributed by atoms with E-state index in [1.807, 2.05) is 0 Å². The normalized spacial score (nSPS) is 8.43. The molecule has 8 heteroatoms. The van der Waals surface area contributed by atoms with E-state index in [2.05, 4.69) is 19.2 Å². The summed E-state index contributed by atoms with van der Waals surface area (Å²) < 4.78 is 7.58. The van der Waals surface area contributed by atoms with Gasteiger partial charge in [-0.2, -0.15) is 19.4 Å². The van der Waals surface area contributed by atoms with Crippen molar-refractivity contribution >= 4 is 24.2 Å². The highest BCUT2D eigenvalue weighted by Gasteiger charge is 2.15. The molecular weight excluding hydrogens is 200 g/mol. The van der Waals surface area contributed by atoms with E-state index in [0.717, 1.165) is 13.8 Å². The van der Waals surface area contributed by atoms with Crippen LogP contribution in [0.3, 0.4) is 0 Å². The molecule has 0 fully saturated rings. The molecular formula is C6H6O8. The molecule has 8 nitrogen and oxygen atoms in total. The van der Waals surface area contributed by atoms with Crippen molar-refractivity contribution in [3.8, 4) is 0 Å². The number of carbonyl (C=O) groups is 4. The Hall–Kier alpha value is -2.12. The van der Waals surface area contributed by atoms with Crippen molar-refractivity contribution < 1.29 is 38.4 Å². The van der Waals surface area contributed by atoms with Gasteiger partial charge in [0, 0.05) is 13.8 Å². The van der Waals surface area contributed by atoms with E-state index in [1.165, 1.54) is 0 Å². The van der Waals surface area contributed by atoms with Gasteiger partial charge in [0.15, 0.2) is 0 Å². The van der Waals surface area contributed by atoms with Gasteiger partial charge < -0.3 is 9.47 Å². The summed E-state index contributed by atoms with van der Waals surface area (Å²) in [7, 11) is 0. The highest BCUT2D eigenvalue weighted by molar-refractivity contribution is 5.81. The summed E-state index contributed by atoms with van der Waals surface area (Å²) in [6, 6.07) is 0. The summed E-state index contributed by atoms with van der Waals surface area (Å²) in [4.78, 5) is 48.2. The van der Waals surface area contributed by atoms with Gasteiger partial charge in [-0.1, -0.05) is 0 Å². The molecule has 0 rings (SSSR count). The summed E-state index contributed by atoms with van der Waals surface area (Å²) in [6.07, 6.45) is -3.09. The van der Waals surface area contributed by atoms with Gasteiger partial charge in [0.25, 0.3) is 0 Å². The lowest BCUT2D eigenvalue weighted by molar-refractivity contribution is -0.217. The first-order chi connectivity index (χ1) is 6.41. The molecule has 0 saturated heterocycles. The third-order valence-corrected chi connectivity index (χ3v) is 0.632. The Labute approximate surface area is 77.6 Å². The average Bonchev–Trinajstić information content (AvgIpc) is 1.98. The minimum atomic E-state index is -1.54. The van der Waals surface area contributed by atoms with Crippen LogP contribution in [0.5, 0.6) is 0 Å². The number of esters is 2. The number of ether oxygens (including phenoxy) is 2. The Balaban J connectivity index is 3.72. The molecule has 0 radical (unpaired) electrons. The Bertz CT molecular complexity index is 239. The van der Waals surface area contributed by atoms with E-state index in [9.17, 15) is 19.2 Å². The molecule has 0 aromatic heterocycles. The molecule has 0 saturated carbocycles. The maximum Gasteiger partial charge on any atom is 0.558 e. The molecule has 14 heavy (non-hydrogen) atoms. The third kappa shape index (κ3) is 6.58. The van der Waals surface area contributed by atoms with Crippen molar-refractivity contribution in [3.05, 3.63) is 0 Å². The van der Waals surface area contributed by atoms with Crippen LogP contribution < -0.4 is 0 Å². The first kappa shape index (κ1) is 11.9. The van der Waals surface area contributed by atoms with Gasteiger partial charge in [-0.05, 0) is 0 Å². The SMILES string of the molecule is CC(=O)OC(=O)OOC(=O)OC(C)=O. The van der Waals surface area contributed by atoms with Gasteiger partial charge in [-0.25, -0.2) is 0 Å². The molecule has 0 aliphatic rings. The number of hydrogen-bond donors (Lipinski definition) is 0. The molecule has 0 aromatic carbocycles. The maximum atomic E-state index is 10.4. The fraction of sp³-hybridized carbons (Fsp3) is 0.333. The molecule has 0 aliphatic carbocycles. The van der Waals surface area contributed by atoms with Crippen LogP contribution in [0, 0.1) is 0 Å². The minimum Gasteiger partial charge on any atom is -0.358 e. The second-order valence-electron chi connectivity index (χ2n) is 1.85. The van der Waals surface area contributed by atoms with Gasteiger partial charge in [0.05, 0.1) is 0 Å². The fourth-order valence-electron chi connectivity index (χ4n) is 0.337. The zero-order chi connectivity index (χ0) is 11.1. The summed E-state index contributed by atoms with van der Waals surface area (Å²) in [5.41, 5.74) is 0. The van der Waals surface area contributed by atoms with Gasteiger partial charge in [0.2, 0.25) is 0 Å². The van der Waals surface area contributed by atoms with Crippen molar-refractivity contribution in [2.75, 3.05) is 0 Å². The molecule has 0 spiro atoms. The molecule has 78 valence electrons. The van der Waals surface area contributed by atoms with Gasteiger partial charge in [-0.15, -0.1) is 0 Å². The molecule has 0 aliphatic heterocycles. The highest BCUT2D eigenvalue weighted by Crippen LogP contribution is 1.91. The van der Waals surface area contributed by atoms with Crippen LogP contribution >= 0.6 is 0 Å². The highest BCUT2D eigenvalue weighted by atomic mass is 17.3. The number of hydrogen-bond acceptors (Lipinski definition) is 8. The molecule has 0 aromatic rings. The van der Waals surface area contributed by atoms with Crippen LogP contribution in [-0.2, 0) is 28.8 Å². The second kappa shape index (κ2) is 5.51. The van der Waals surface area contributed by atoms with Gasteiger partial charge in [0.1, 0.15) is 0 Å². The summed E-state index contributed by atoms with van der Waals surface area (Å²) >= 11 is 0. The Morgan fingerprint density at radius 3 is 1.21 bits per heavy atom. The van der Waals surface area contributed by atoms with E-state index >= 15 is 0 Å². The maximum absolute atomic E-state index is 10.4. The molecule has 0 amide bonds. The Kier molecular flexibility index (Phi) is 4.68. The van der Waals surface area contributed by atoms with Crippen molar-refractivity contribution in [2.45, 2.75) is 13.8 Å². The van der Waals surface area contributed by atoms with Crippen LogP contribution in [0.25, 0.3) is 0 Å². The van der Waals surface area contributed by atoms with Crippen LogP contribution in [-0.4, -0.2) is 24.2 Å². The topological polar surface area (TPSA) is 105 Å². The van der Waals surface area contributed by atoms with E-state index in [-0.39, 0.29) is 0 Å². The molecule has 0 unspecified atom stereocenters. The average molecular weight is 206 g/mol. The van der Waals surface area contributed by atoms with Gasteiger partial charge in [-0.3, -0.25) is 9.59 Å². The summed E-state index contributed by atoms with van der Waals surface area (Å²) in [5.74, 6) is -1.89. The van der Waals surface area contributed by atoms with Crippen molar-refractivity contribution in [2.24, 2.45) is 0 Å². The lowest BCUT2D eigenvalue weighted by atomic mass is 10.8.